The van der Waals surface area contributed by atoms with Crippen LogP contribution in [0.3, 0.4) is 0 Å². The number of nitro groups is 1. The van der Waals surface area contributed by atoms with Gasteiger partial charge in [-0.15, -0.1) is 0 Å². The van der Waals surface area contributed by atoms with Crippen LogP contribution in [0.2, 0.25) is 0 Å². The SMILES string of the molecule is COc1ccc([N+](=O)[O-])cc1/C=N/NC(=O)c1cc2ccccc2o1. The standard InChI is InChI=1S/C17H13N3O5/c1-24-14-7-6-13(20(22)23)8-12(14)10-18-19-17(21)16-9-11-4-2-3-5-15(11)25-16/h2-10H,1H3,(H,19,21)/b18-10+. The van der Waals surface area contributed by atoms with Gasteiger partial charge in [-0.25, -0.2) is 5.43 Å². The molecule has 2 aromatic carbocycles. The largest absolute Gasteiger partial charge is 0.496 e. The van der Waals surface area contributed by atoms with Crippen LogP contribution >= 0.6 is 0 Å². The van der Waals surface area contributed by atoms with Crippen LogP contribution in [0.1, 0.15) is 16.1 Å². The quantitative estimate of drug-likeness (QED) is 0.436. The topological polar surface area (TPSA) is 107 Å². The fourth-order valence-electron chi connectivity index (χ4n) is 2.25. The predicted octanol–water partition coefficient (Wildman–Crippen LogP) is 3.11. The number of amides is 1. The van der Waals surface area contributed by atoms with E-state index in [9.17, 15) is 14.9 Å². The van der Waals surface area contributed by atoms with E-state index >= 15 is 0 Å². The zero-order valence-corrected chi connectivity index (χ0v) is 13.1. The Morgan fingerprint density at radius 1 is 1.28 bits per heavy atom. The average Bonchev–Trinajstić information content (AvgIpc) is 3.05. The molecule has 1 N–H and O–H groups in total. The smallest absolute Gasteiger partial charge is 0.307 e. The maximum Gasteiger partial charge on any atom is 0.307 e. The maximum atomic E-state index is 12.1. The highest BCUT2D eigenvalue weighted by atomic mass is 16.6. The third kappa shape index (κ3) is 3.47. The van der Waals surface area contributed by atoms with Gasteiger partial charge < -0.3 is 9.15 Å². The van der Waals surface area contributed by atoms with Crippen molar-refractivity contribution in [1.29, 1.82) is 0 Å². The molecule has 126 valence electrons. The van der Waals surface area contributed by atoms with Gasteiger partial charge >= 0.3 is 5.91 Å². The van der Waals surface area contributed by atoms with Crippen molar-refractivity contribution < 1.29 is 18.9 Å². The van der Waals surface area contributed by atoms with Crippen LogP contribution in [0.15, 0.2) is 58.0 Å². The van der Waals surface area contributed by atoms with Crippen LogP contribution < -0.4 is 10.2 Å². The molecular weight excluding hydrogens is 326 g/mol. The van der Waals surface area contributed by atoms with E-state index < -0.39 is 10.8 Å². The van der Waals surface area contributed by atoms with Gasteiger partial charge in [0.2, 0.25) is 0 Å². The van der Waals surface area contributed by atoms with Crippen molar-refractivity contribution in [2.45, 2.75) is 0 Å². The normalized spacial score (nSPS) is 10.9. The van der Waals surface area contributed by atoms with E-state index in [0.29, 0.717) is 16.9 Å². The summed E-state index contributed by atoms with van der Waals surface area (Å²) in [6.45, 7) is 0. The molecule has 3 rings (SSSR count). The van der Waals surface area contributed by atoms with Gasteiger partial charge in [0.15, 0.2) is 5.76 Å². The first kappa shape index (κ1) is 16.2. The summed E-state index contributed by atoms with van der Waals surface area (Å²) < 4.78 is 10.5. The van der Waals surface area contributed by atoms with E-state index in [1.165, 1.54) is 31.5 Å². The minimum absolute atomic E-state index is 0.106. The second-order valence-corrected chi connectivity index (χ2v) is 5.03. The molecule has 0 unspecified atom stereocenters. The molecule has 3 aromatic rings. The summed E-state index contributed by atoms with van der Waals surface area (Å²) in [5, 5.41) is 15.5. The molecule has 0 atom stereocenters. The molecule has 0 saturated carbocycles. The zero-order chi connectivity index (χ0) is 17.8. The molecule has 0 bridgehead atoms. The van der Waals surface area contributed by atoms with E-state index in [4.69, 9.17) is 9.15 Å². The number of hydrazone groups is 1. The van der Waals surface area contributed by atoms with Crippen molar-refractivity contribution in [1.82, 2.24) is 5.43 Å². The fraction of sp³-hybridized carbons (Fsp3) is 0.0588. The Hall–Kier alpha value is -3.68. The van der Waals surface area contributed by atoms with Crippen LogP contribution in [0, 0.1) is 10.1 Å². The van der Waals surface area contributed by atoms with Crippen LogP contribution in [-0.4, -0.2) is 24.2 Å². The number of non-ortho nitro benzene ring substituents is 1. The Bertz CT molecular complexity index is 944. The summed E-state index contributed by atoms with van der Waals surface area (Å²) in [4.78, 5) is 22.4. The zero-order valence-electron chi connectivity index (χ0n) is 13.1. The predicted molar refractivity (Wildman–Crippen MR) is 90.9 cm³/mol. The summed E-state index contributed by atoms with van der Waals surface area (Å²) in [5.74, 6) is -0.0199. The number of nitrogens with one attached hydrogen (secondary N) is 1. The number of para-hydroxylation sites is 1. The van der Waals surface area contributed by atoms with Gasteiger partial charge in [0.1, 0.15) is 11.3 Å². The fourth-order valence-corrected chi connectivity index (χ4v) is 2.25. The van der Waals surface area contributed by atoms with Crippen molar-refractivity contribution in [2.75, 3.05) is 7.11 Å². The first-order valence-corrected chi connectivity index (χ1v) is 7.23. The number of hydrogen-bond acceptors (Lipinski definition) is 6. The van der Waals surface area contributed by atoms with E-state index in [2.05, 4.69) is 10.5 Å². The lowest BCUT2D eigenvalue weighted by Gasteiger charge is -2.03. The molecule has 1 aromatic heterocycles. The first-order valence-electron chi connectivity index (χ1n) is 7.23. The molecule has 8 nitrogen and oxygen atoms in total. The second-order valence-electron chi connectivity index (χ2n) is 5.03. The number of hydrogen-bond donors (Lipinski definition) is 1. The van der Waals surface area contributed by atoms with Crippen LogP contribution in [-0.2, 0) is 0 Å². The minimum atomic E-state index is -0.531. The number of benzene rings is 2. The highest BCUT2D eigenvalue weighted by Gasteiger charge is 2.12. The Morgan fingerprint density at radius 2 is 2.08 bits per heavy atom. The Kier molecular flexibility index (Phi) is 4.42. The van der Waals surface area contributed by atoms with Crippen molar-refractivity contribution >= 4 is 28.8 Å². The van der Waals surface area contributed by atoms with Crippen molar-refractivity contribution in [2.24, 2.45) is 5.10 Å². The number of nitrogens with zero attached hydrogens (tertiary/aromatic N) is 2. The molecule has 0 radical (unpaired) electrons. The van der Waals surface area contributed by atoms with E-state index in [1.54, 1.807) is 18.2 Å². The van der Waals surface area contributed by atoms with E-state index in [0.717, 1.165) is 5.39 Å². The summed E-state index contributed by atoms with van der Waals surface area (Å²) in [7, 11) is 1.44. The van der Waals surface area contributed by atoms with Crippen molar-refractivity contribution in [3.8, 4) is 5.75 Å². The molecular formula is C17H13N3O5. The van der Waals surface area contributed by atoms with Crippen LogP contribution in [0.5, 0.6) is 5.75 Å². The van der Waals surface area contributed by atoms with Gasteiger partial charge in [-0.2, -0.15) is 5.10 Å². The molecule has 0 aliphatic carbocycles. The molecule has 25 heavy (non-hydrogen) atoms. The number of fused-ring (bicyclic) bond motifs is 1. The third-order valence-corrected chi connectivity index (χ3v) is 3.44. The van der Waals surface area contributed by atoms with Gasteiger partial charge in [0.25, 0.3) is 5.69 Å². The number of carbonyl (C=O) groups is 1. The summed E-state index contributed by atoms with van der Waals surface area (Å²) >= 11 is 0. The molecule has 8 heteroatoms. The van der Waals surface area contributed by atoms with Gasteiger partial charge in [0.05, 0.1) is 18.2 Å². The van der Waals surface area contributed by atoms with Crippen molar-refractivity contribution in [3.63, 3.8) is 0 Å². The highest BCUT2D eigenvalue weighted by Crippen LogP contribution is 2.22. The molecule has 0 aliphatic rings. The van der Waals surface area contributed by atoms with Gasteiger partial charge in [-0.3, -0.25) is 14.9 Å². The molecule has 0 aliphatic heterocycles. The number of rotatable bonds is 5. The number of furan rings is 1. The lowest BCUT2D eigenvalue weighted by molar-refractivity contribution is -0.384. The van der Waals surface area contributed by atoms with Gasteiger partial charge in [-0.1, -0.05) is 18.2 Å². The van der Waals surface area contributed by atoms with Crippen LogP contribution in [0.4, 0.5) is 5.69 Å². The van der Waals surface area contributed by atoms with E-state index in [-0.39, 0.29) is 11.4 Å². The third-order valence-electron chi connectivity index (χ3n) is 3.44. The summed E-state index contributed by atoms with van der Waals surface area (Å²) in [6.07, 6.45) is 1.27. The van der Waals surface area contributed by atoms with Gasteiger partial charge in [0, 0.05) is 23.1 Å². The summed E-state index contributed by atoms with van der Waals surface area (Å²) in [5.41, 5.74) is 3.17. The number of ether oxygens (including phenoxy) is 1. The Morgan fingerprint density at radius 3 is 2.80 bits per heavy atom. The molecule has 0 saturated heterocycles. The molecule has 0 fully saturated rings. The monoisotopic (exact) mass is 339 g/mol. The Balaban J connectivity index is 1.77. The second kappa shape index (κ2) is 6.83. The summed E-state index contributed by atoms with van der Waals surface area (Å²) in [6, 6.07) is 12.9. The lowest BCUT2D eigenvalue weighted by atomic mass is 10.2. The minimum Gasteiger partial charge on any atom is -0.496 e. The van der Waals surface area contributed by atoms with Gasteiger partial charge in [-0.05, 0) is 18.2 Å². The molecule has 1 amide bonds. The maximum absolute atomic E-state index is 12.1. The molecule has 1 heterocycles. The number of nitro benzene ring substituents is 1. The first-order chi connectivity index (χ1) is 12.1. The van der Waals surface area contributed by atoms with Crippen molar-refractivity contribution in [3.05, 3.63) is 70.0 Å². The number of carbonyl (C=O) groups excluding carboxylic acids is 1. The molecule has 0 spiro atoms. The number of methoxy groups -OCH3 is 1. The van der Waals surface area contributed by atoms with E-state index in [1.807, 2.05) is 12.1 Å². The Labute approximate surface area is 141 Å². The van der Waals surface area contributed by atoms with Crippen LogP contribution in [0.25, 0.3) is 11.0 Å². The highest BCUT2D eigenvalue weighted by molar-refractivity contribution is 5.96. The lowest BCUT2D eigenvalue weighted by Crippen LogP contribution is -2.16. The average molecular weight is 339 g/mol.